The number of carbonyl (C=O) groups is 1. The lowest BCUT2D eigenvalue weighted by Gasteiger charge is -2.04. The Hall–Kier alpha value is -2.50. The van der Waals surface area contributed by atoms with Crippen LogP contribution in [-0.2, 0) is 0 Å². The van der Waals surface area contributed by atoms with E-state index in [4.69, 9.17) is 5.11 Å². The third-order valence-electron chi connectivity index (χ3n) is 1.80. The standard InChI is InChI=1S/C10H8N4O2/c15-10(16)8-2-1-3-9(14-8)13-7-4-11-6-12-5-7/h1-6H,(H,13,14)(H,15,16). The van der Waals surface area contributed by atoms with Gasteiger partial charge in [0.2, 0.25) is 0 Å². The van der Waals surface area contributed by atoms with Gasteiger partial charge in [0, 0.05) is 0 Å². The lowest BCUT2D eigenvalue weighted by molar-refractivity contribution is 0.0690. The number of nitrogens with zero attached hydrogens (tertiary/aromatic N) is 3. The van der Waals surface area contributed by atoms with E-state index in [0.717, 1.165) is 0 Å². The monoisotopic (exact) mass is 216 g/mol. The molecule has 0 atom stereocenters. The van der Waals surface area contributed by atoms with Crippen molar-refractivity contribution < 1.29 is 9.90 Å². The Morgan fingerprint density at radius 3 is 2.69 bits per heavy atom. The van der Waals surface area contributed by atoms with Crippen LogP contribution in [0, 0.1) is 0 Å². The molecule has 0 aliphatic heterocycles. The number of carboxylic acids is 1. The highest BCUT2D eigenvalue weighted by atomic mass is 16.4. The van der Waals surface area contributed by atoms with Gasteiger partial charge in [0.05, 0.1) is 18.1 Å². The smallest absolute Gasteiger partial charge is 0.354 e. The number of hydrogen-bond donors (Lipinski definition) is 2. The lowest BCUT2D eigenvalue weighted by Crippen LogP contribution is -2.02. The molecule has 0 saturated carbocycles. The van der Waals surface area contributed by atoms with Gasteiger partial charge in [-0.05, 0) is 12.1 Å². The molecule has 0 radical (unpaired) electrons. The van der Waals surface area contributed by atoms with Gasteiger partial charge < -0.3 is 10.4 Å². The Kier molecular flexibility index (Phi) is 2.73. The second-order valence-corrected chi connectivity index (χ2v) is 2.97. The number of nitrogens with one attached hydrogen (secondary N) is 1. The molecule has 0 spiro atoms. The Labute approximate surface area is 91.0 Å². The molecule has 6 nitrogen and oxygen atoms in total. The van der Waals surface area contributed by atoms with Crippen LogP contribution in [0.2, 0.25) is 0 Å². The zero-order valence-corrected chi connectivity index (χ0v) is 8.16. The van der Waals surface area contributed by atoms with E-state index in [9.17, 15) is 4.79 Å². The Bertz CT molecular complexity index is 501. The summed E-state index contributed by atoms with van der Waals surface area (Å²) in [5.41, 5.74) is 0.638. The fourth-order valence-corrected chi connectivity index (χ4v) is 1.13. The minimum absolute atomic E-state index is 0.0122. The number of anilines is 2. The molecule has 6 heteroatoms. The summed E-state index contributed by atoms with van der Waals surface area (Å²) in [7, 11) is 0. The summed E-state index contributed by atoms with van der Waals surface area (Å²) in [6.07, 6.45) is 4.55. The summed E-state index contributed by atoms with van der Waals surface area (Å²) in [6, 6.07) is 4.71. The van der Waals surface area contributed by atoms with Crippen molar-refractivity contribution in [2.24, 2.45) is 0 Å². The van der Waals surface area contributed by atoms with Crippen molar-refractivity contribution in [3.05, 3.63) is 42.6 Å². The molecule has 2 aromatic heterocycles. The van der Waals surface area contributed by atoms with E-state index < -0.39 is 5.97 Å². The topological polar surface area (TPSA) is 88.0 Å². The molecule has 80 valence electrons. The van der Waals surface area contributed by atoms with Crippen molar-refractivity contribution in [3.8, 4) is 0 Å². The molecule has 0 bridgehead atoms. The maximum Gasteiger partial charge on any atom is 0.354 e. The van der Waals surface area contributed by atoms with Crippen LogP contribution in [0.5, 0.6) is 0 Å². The maximum absolute atomic E-state index is 10.7. The summed E-state index contributed by atoms with van der Waals surface area (Å²) in [4.78, 5) is 22.2. The van der Waals surface area contributed by atoms with Gasteiger partial charge in [0.25, 0.3) is 0 Å². The van der Waals surface area contributed by atoms with Crippen LogP contribution in [0.4, 0.5) is 11.5 Å². The lowest BCUT2D eigenvalue weighted by atomic mass is 10.3. The molecule has 0 aliphatic carbocycles. The Balaban J connectivity index is 2.22. The molecule has 0 aliphatic rings. The minimum Gasteiger partial charge on any atom is -0.477 e. The average Bonchev–Trinajstić information content (AvgIpc) is 2.30. The van der Waals surface area contributed by atoms with E-state index in [1.54, 1.807) is 24.5 Å². The predicted octanol–water partition coefficient (Wildman–Crippen LogP) is 1.31. The highest BCUT2D eigenvalue weighted by molar-refractivity contribution is 5.85. The molecular formula is C10H8N4O2. The fraction of sp³-hybridized carbons (Fsp3) is 0. The molecule has 0 unspecified atom stereocenters. The predicted molar refractivity (Wildman–Crippen MR) is 56.5 cm³/mol. The zero-order chi connectivity index (χ0) is 11.4. The summed E-state index contributed by atoms with van der Waals surface area (Å²) in [6.45, 7) is 0. The molecule has 0 fully saturated rings. The first kappa shape index (κ1) is 10.0. The van der Waals surface area contributed by atoms with Crippen LogP contribution < -0.4 is 5.32 Å². The first-order chi connectivity index (χ1) is 7.75. The number of hydrogen-bond acceptors (Lipinski definition) is 5. The number of carboxylic acid groups (broad SMARTS) is 1. The van der Waals surface area contributed by atoms with Gasteiger partial charge in [-0.15, -0.1) is 0 Å². The van der Waals surface area contributed by atoms with Gasteiger partial charge in [0.1, 0.15) is 12.1 Å². The van der Waals surface area contributed by atoms with Crippen LogP contribution in [0.25, 0.3) is 0 Å². The van der Waals surface area contributed by atoms with Crippen LogP contribution in [-0.4, -0.2) is 26.0 Å². The highest BCUT2D eigenvalue weighted by Gasteiger charge is 2.04. The maximum atomic E-state index is 10.7. The van der Waals surface area contributed by atoms with E-state index in [2.05, 4.69) is 20.3 Å². The SMILES string of the molecule is O=C(O)c1cccc(Nc2cncnc2)n1. The molecule has 2 rings (SSSR count). The molecule has 0 saturated heterocycles. The fourth-order valence-electron chi connectivity index (χ4n) is 1.13. The van der Waals surface area contributed by atoms with E-state index in [0.29, 0.717) is 11.5 Å². The minimum atomic E-state index is -1.06. The molecule has 0 aromatic carbocycles. The molecule has 2 heterocycles. The van der Waals surface area contributed by atoms with Crippen molar-refractivity contribution in [1.82, 2.24) is 15.0 Å². The van der Waals surface area contributed by atoms with Crippen molar-refractivity contribution in [1.29, 1.82) is 0 Å². The Morgan fingerprint density at radius 2 is 2.00 bits per heavy atom. The first-order valence-electron chi connectivity index (χ1n) is 4.48. The summed E-state index contributed by atoms with van der Waals surface area (Å²) in [5, 5.41) is 11.7. The molecule has 2 N–H and O–H groups in total. The van der Waals surface area contributed by atoms with Crippen LogP contribution >= 0.6 is 0 Å². The zero-order valence-electron chi connectivity index (χ0n) is 8.16. The Morgan fingerprint density at radius 1 is 1.25 bits per heavy atom. The van der Waals surface area contributed by atoms with Gasteiger partial charge in [0.15, 0.2) is 5.69 Å². The summed E-state index contributed by atoms with van der Waals surface area (Å²) in [5.74, 6) is -0.623. The van der Waals surface area contributed by atoms with Gasteiger partial charge in [-0.3, -0.25) is 0 Å². The van der Waals surface area contributed by atoms with E-state index in [1.807, 2.05) is 0 Å². The van der Waals surface area contributed by atoms with Crippen molar-refractivity contribution in [3.63, 3.8) is 0 Å². The number of aromatic nitrogens is 3. The van der Waals surface area contributed by atoms with Gasteiger partial charge in [-0.25, -0.2) is 19.7 Å². The molecule has 2 aromatic rings. The quantitative estimate of drug-likeness (QED) is 0.804. The van der Waals surface area contributed by atoms with Gasteiger partial charge >= 0.3 is 5.97 Å². The number of rotatable bonds is 3. The van der Waals surface area contributed by atoms with Gasteiger partial charge in [-0.1, -0.05) is 6.07 Å². The van der Waals surface area contributed by atoms with Crippen molar-refractivity contribution >= 4 is 17.5 Å². The first-order valence-corrected chi connectivity index (χ1v) is 4.48. The molecular weight excluding hydrogens is 208 g/mol. The molecule has 0 amide bonds. The van der Waals surface area contributed by atoms with Crippen molar-refractivity contribution in [2.75, 3.05) is 5.32 Å². The normalized spacial score (nSPS) is 9.75. The average molecular weight is 216 g/mol. The van der Waals surface area contributed by atoms with Crippen LogP contribution in [0.3, 0.4) is 0 Å². The van der Waals surface area contributed by atoms with E-state index in [-0.39, 0.29) is 5.69 Å². The number of pyridine rings is 1. The summed E-state index contributed by atoms with van der Waals surface area (Å²) >= 11 is 0. The largest absolute Gasteiger partial charge is 0.477 e. The number of aromatic carboxylic acids is 1. The van der Waals surface area contributed by atoms with Gasteiger partial charge in [-0.2, -0.15) is 0 Å². The molecule has 16 heavy (non-hydrogen) atoms. The second kappa shape index (κ2) is 4.35. The highest BCUT2D eigenvalue weighted by Crippen LogP contribution is 2.11. The summed E-state index contributed by atoms with van der Waals surface area (Å²) < 4.78 is 0. The van der Waals surface area contributed by atoms with Crippen molar-refractivity contribution in [2.45, 2.75) is 0 Å². The van der Waals surface area contributed by atoms with E-state index in [1.165, 1.54) is 12.4 Å². The third kappa shape index (κ3) is 2.30. The van der Waals surface area contributed by atoms with Crippen LogP contribution in [0.15, 0.2) is 36.9 Å². The van der Waals surface area contributed by atoms with E-state index >= 15 is 0 Å². The van der Waals surface area contributed by atoms with Crippen LogP contribution in [0.1, 0.15) is 10.5 Å². The second-order valence-electron chi connectivity index (χ2n) is 2.97. The third-order valence-corrected chi connectivity index (χ3v) is 1.80.